The van der Waals surface area contributed by atoms with E-state index in [-0.39, 0.29) is 29.1 Å². The van der Waals surface area contributed by atoms with Gasteiger partial charge in [-0.05, 0) is 42.3 Å². The Labute approximate surface area is 183 Å². The van der Waals surface area contributed by atoms with Crippen molar-refractivity contribution in [3.8, 4) is 5.75 Å². The second-order valence-corrected chi connectivity index (χ2v) is 8.63. The maximum atomic E-state index is 14.5. The first kappa shape index (κ1) is 21.5. The molecule has 5 nitrogen and oxygen atoms in total. The zero-order chi connectivity index (χ0) is 21.8. The molecule has 0 amide bonds. The third kappa shape index (κ3) is 5.15. The molecule has 1 aliphatic rings. The number of thiazole rings is 1. The van der Waals surface area contributed by atoms with E-state index in [0.29, 0.717) is 12.4 Å². The van der Waals surface area contributed by atoms with Gasteiger partial charge in [0.25, 0.3) is 0 Å². The van der Waals surface area contributed by atoms with Gasteiger partial charge in [-0.2, -0.15) is 0 Å². The molecule has 0 saturated carbocycles. The van der Waals surface area contributed by atoms with Gasteiger partial charge in [0, 0.05) is 11.4 Å². The number of hydrogen-bond acceptors (Lipinski definition) is 5. The van der Waals surface area contributed by atoms with Crippen molar-refractivity contribution in [3.63, 3.8) is 0 Å². The van der Waals surface area contributed by atoms with Gasteiger partial charge in [-0.1, -0.05) is 18.2 Å². The van der Waals surface area contributed by atoms with Crippen LogP contribution < -0.4 is 14.8 Å². The molecule has 0 radical (unpaired) electrons. The van der Waals surface area contributed by atoms with Crippen molar-refractivity contribution >= 4 is 33.7 Å². The Morgan fingerprint density at radius 2 is 2.00 bits per heavy atom. The van der Waals surface area contributed by atoms with Crippen LogP contribution in [0.4, 0.5) is 19.0 Å². The van der Waals surface area contributed by atoms with Gasteiger partial charge in [0.1, 0.15) is 24.1 Å². The Bertz CT molecular complexity index is 1110. The Morgan fingerprint density at radius 3 is 2.74 bits per heavy atom. The number of nitrogens with zero attached hydrogens (tertiary/aromatic N) is 1. The topological polar surface area (TPSA) is 63.2 Å². The highest BCUT2D eigenvalue weighted by Gasteiger charge is 2.22. The van der Waals surface area contributed by atoms with Crippen molar-refractivity contribution in [2.75, 3.05) is 17.9 Å². The molecule has 0 saturated heterocycles. The number of halogens is 3. The summed E-state index contributed by atoms with van der Waals surface area (Å²) >= 11 is 1.28. The van der Waals surface area contributed by atoms with Gasteiger partial charge in [-0.25, -0.2) is 22.4 Å². The monoisotopic (exact) mass is 465 g/mol. The molecule has 2 atom stereocenters. The van der Waals surface area contributed by atoms with E-state index in [9.17, 15) is 17.4 Å². The SMILES string of the molecule is O=S(Nc1cscn1)c1cc(F)c(OCC2NCCC=C2c2ccc(F)cc2)cc1F. The van der Waals surface area contributed by atoms with Crippen molar-refractivity contribution < 1.29 is 22.1 Å². The minimum atomic E-state index is -2.01. The highest BCUT2D eigenvalue weighted by molar-refractivity contribution is 7.86. The summed E-state index contributed by atoms with van der Waals surface area (Å²) in [6.45, 7) is 0.745. The van der Waals surface area contributed by atoms with Gasteiger partial charge in [0.2, 0.25) is 0 Å². The van der Waals surface area contributed by atoms with Gasteiger partial charge in [-0.3, -0.25) is 4.72 Å². The number of anilines is 1. The average molecular weight is 466 g/mol. The second kappa shape index (κ2) is 9.63. The summed E-state index contributed by atoms with van der Waals surface area (Å²) in [6.07, 6.45) is 2.81. The van der Waals surface area contributed by atoms with Crippen LogP contribution in [-0.2, 0) is 11.0 Å². The van der Waals surface area contributed by atoms with Crippen molar-refractivity contribution in [1.29, 1.82) is 0 Å². The quantitative estimate of drug-likeness (QED) is 0.539. The minimum absolute atomic E-state index is 0.0408. The maximum absolute atomic E-state index is 14.5. The molecule has 0 fully saturated rings. The molecule has 2 heterocycles. The van der Waals surface area contributed by atoms with Crippen molar-refractivity contribution in [3.05, 3.63) is 76.4 Å². The smallest absolute Gasteiger partial charge is 0.166 e. The summed E-state index contributed by atoms with van der Waals surface area (Å²) < 4.78 is 62.6. The predicted molar refractivity (Wildman–Crippen MR) is 115 cm³/mol. The molecule has 3 aromatic rings. The molecule has 2 aromatic carbocycles. The Hall–Kier alpha value is -2.69. The fourth-order valence-electron chi connectivity index (χ4n) is 3.20. The van der Waals surface area contributed by atoms with E-state index in [2.05, 4.69) is 15.0 Å². The standard InChI is InChI=1S/C21H18F3N3O2S2/c22-14-5-3-13(4-6-14)15-2-1-7-25-18(15)10-29-19-8-17(24)20(9-16(19)23)31(28)27-21-11-30-12-26-21/h2-6,8-9,11-12,18,25,27H,1,7,10H2. The first-order valence-electron chi connectivity index (χ1n) is 9.39. The summed E-state index contributed by atoms with van der Waals surface area (Å²) in [4.78, 5) is 3.58. The summed E-state index contributed by atoms with van der Waals surface area (Å²) in [5.74, 6) is -1.98. The maximum Gasteiger partial charge on any atom is 0.166 e. The zero-order valence-corrected chi connectivity index (χ0v) is 17.7. The van der Waals surface area contributed by atoms with Crippen LogP contribution >= 0.6 is 11.3 Å². The van der Waals surface area contributed by atoms with Crippen LogP contribution in [-0.4, -0.2) is 28.4 Å². The molecule has 0 spiro atoms. The average Bonchev–Trinajstić information content (AvgIpc) is 3.28. The fraction of sp³-hybridized carbons (Fsp3) is 0.190. The molecule has 2 unspecified atom stereocenters. The normalized spacial score (nSPS) is 17.1. The Balaban J connectivity index is 1.47. The van der Waals surface area contributed by atoms with E-state index < -0.39 is 22.6 Å². The van der Waals surface area contributed by atoms with E-state index >= 15 is 0 Å². The number of nitrogens with one attached hydrogen (secondary N) is 2. The molecule has 0 bridgehead atoms. The van der Waals surface area contributed by atoms with Crippen LogP contribution in [0.2, 0.25) is 0 Å². The second-order valence-electron chi connectivity index (χ2n) is 6.73. The molecule has 1 aromatic heterocycles. The van der Waals surface area contributed by atoms with Crippen LogP contribution in [0.1, 0.15) is 12.0 Å². The molecule has 2 N–H and O–H groups in total. The lowest BCUT2D eigenvalue weighted by molar-refractivity contribution is 0.273. The summed E-state index contributed by atoms with van der Waals surface area (Å²) in [7, 11) is -2.01. The van der Waals surface area contributed by atoms with E-state index in [0.717, 1.165) is 29.7 Å². The number of rotatable bonds is 7. The molecule has 10 heteroatoms. The predicted octanol–water partition coefficient (Wildman–Crippen LogP) is 4.52. The number of benzene rings is 2. The fourth-order valence-corrected chi connectivity index (χ4v) is 4.61. The lowest BCUT2D eigenvalue weighted by Gasteiger charge is -2.26. The summed E-state index contributed by atoms with van der Waals surface area (Å²) in [5.41, 5.74) is 3.26. The van der Waals surface area contributed by atoms with Crippen LogP contribution in [0.3, 0.4) is 0 Å². The molecule has 162 valence electrons. The van der Waals surface area contributed by atoms with Gasteiger partial charge in [0.15, 0.2) is 22.6 Å². The number of aromatic nitrogens is 1. The first-order chi connectivity index (χ1) is 15.0. The van der Waals surface area contributed by atoms with Crippen molar-refractivity contribution in [1.82, 2.24) is 10.3 Å². The molecular weight excluding hydrogens is 447 g/mol. The van der Waals surface area contributed by atoms with Crippen molar-refractivity contribution in [2.24, 2.45) is 0 Å². The summed E-state index contributed by atoms with van der Waals surface area (Å²) in [5, 5.41) is 4.88. The third-order valence-electron chi connectivity index (χ3n) is 4.67. The minimum Gasteiger partial charge on any atom is -0.488 e. The highest BCUT2D eigenvalue weighted by Crippen LogP contribution is 2.27. The van der Waals surface area contributed by atoms with E-state index in [1.807, 2.05) is 6.08 Å². The lowest BCUT2D eigenvalue weighted by atomic mass is 9.95. The first-order valence-corrected chi connectivity index (χ1v) is 11.5. The van der Waals surface area contributed by atoms with Gasteiger partial charge >= 0.3 is 0 Å². The molecule has 0 aliphatic carbocycles. The van der Waals surface area contributed by atoms with E-state index in [1.54, 1.807) is 17.5 Å². The zero-order valence-electron chi connectivity index (χ0n) is 16.1. The van der Waals surface area contributed by atoms with Gasteiger partial charge in [0.05, 0.1) is 16.4 Å². The third-order valence-corrected chi connectivity index (χ3v) is 6.37. The van der Waals surface area contributed by atoms with E-state index in [4.69, 9.17) is 4.74 Å². The lowest BCUT2D eigenvalue weighted by Crippen LogP contribution is -2.38. The Morgan fingerprint density at radius 1 is 1.19 bits per heavy atom. The van der Waals surface area contributed by atoms with Crippen molar-refractivity contribution in [2.45, 2.75) is 17.4 Å². The molecule has 31 heavy (non-hydrogen) atoms. The van der Waals surface area contributed by atoms with E-state index in [1.165, 1.54) is 29.0 Å². The molecular formula is C21H18F3N3O2S2. The van der Waals surface area contributed by atoms with Gasteiger partial charge in [-0.15, -0.1) is 11.3 Å². The van der Waals surface area contributed by atoms with Crippen LogP contribution in [0.5, 0.6) is 5.75 Å². The number of ether oxygens (including phenoxy) is 1. The summed E-state index contributed by atoms with van der Waals surface area (Å²) in [6, 6.07) is 7.54. The van der Waals surface area contributed by atoms with Crippen LogP contribution in [0.25, 0.3) is 5.57 Å². The number of hydrogen-bond donors (Lipinski definition) is 2. The highest BCUT2D eigenvalue weighted by atomic mass is 32.2. The van der Waals surface area contributed by atoms with Crippen LogP contribution in [0, 0.1) is 17.5 Å². The Kier molecular flexibility index (Phi) is 6.69. The largest absolute Gasteiger partial charge is 0.488 e. The van der Waals surface area contributed by atoms with Gasteiger partial charge < -0.3 is 10.1 Å². The van der Waals surface area contributed by atoms with Crippen LogP contribution in [0.15, 0.2) is 58.3 Å². The molecule has 4 rings (SSSR count). The molecule has 1 aliphatic heterocycles.